The largest absolute Gasteiger partial charge is 1.00 e. The van der Waals surface area contributed by atoms with E-state index in [-0.39, 0.29) is 63.8 Å². The Morgan fingerprint density at radius 2 is 2.12 bits per heavy atom. The van der Waals surface area contributed by atoms with Crippen molar-refractivity contribution in [3.8, 4) is 12.3 Å². The van der Waals surface area contributed by atoms with E-state index < -0.39 is 6.98 Å². The quantitative estimate of drug-likeness (QED) is 0.527. The molecule has 0 saturated heterocycles. The summed E-state index contributed by atoms with van der Waals surface area (Å²) in [6.07, 6.45) is 7.81. The van der Waals surface area contributed by atoms with Crippen LogP contribution in [0.3, 0.4) is 0 Å². The van der Waals surface area contributed by atoms with Crippen LogP contribution in [0.15, 0.2) is 24.3 Å². The van der Waals surface area contributed by atoms with Gasteiger partial charge in [0.2, 0.25) is 0 Å². The Labute approximate surface area is 135 Å². The molecular weight excluding hydrogens is 241 g/mol. The van der Waals surface area contributed by atoms with Gasteiger partial charge in [0.25, 0.3) is 0 Å². The summed E-state index contributed by atoms with van der Waals surface area (Å²) in [5.41, 5.74) is 0.894. The van der Waals surface area contributed by atoms with Crippen molar-refractivity contribution in [1.82, 2.24) is 4.98 Å². The summed E-state index contributed by atoms with van der Waals surface area (Å²) in [7, 11) is 0. The summed E-state index contributed by atoms with van der Waals surface area (Å²) in [4.78, 5) is 3.91. The molecule has 0 fully saturated rings. The van der Waals surface area contributed by atoms with Crippen LogP contribution in [-0.4, -0.2) is 12.0 Å². The fourth-order valence-corrected chi connectivity index (χ4v) is 1.06. The standard InChI is InChI=1S/C10H8BF3N.K/c1-2-4-10-9(5-3-8-15-10)6-7-11(12,13)14;/h1,3,5-8H,4H2;/q-1;+1/b7-6+;. The van der Waals surface area contributed by atoms with Gasteiger partial charge >= 0.3 is 58.4 Å². The molecule has 0 unspecified atom stereocenters. The Morgan fingerprint density at radius 3 is 2.69 bits per heavy atom. The smallest absolute Gasteiger partial charge is 0.445 e. The number of nitrogens with zero attached hydrogens (tertiary/aromatic N) is 1. The maximum absolute atomic E-state index is 12.0. The predicted octanol–water partition coefficient (Wildman–Crippen LogP) is -0.339. The van der Waals surface area contributed by atoms with Gasteiger partial charge in [-0.15, -0.1) is 18.3 Å². The molecule has 1 heterocycles. The van der Waals surface area contributed by atoms with Gasteiger partial charge in [0, 0.05) is 6.20 Å². The van der Waals surface area contributed by atoms with E-state index in [0.29, 0.717) is 11.3 Å². The maximum Gasteiger partial charge on any atom is 1.00 e. The molecule has 0 N–H and O–H groups in total. The van der Waals surface area contributed by atoms with E-state index in [4.69, 9.17) is 6.42 Å². The molecule has 0 aliphatic rings. The van der Waals surface area contributed by atoms with Crippen LogP contribution in [0.25, 0.3) is 6.08 Å². The number of aromatic nitrogens is 1. The molecule has 0 aliphatic heterocycles. The average molecular weight is 249 g/mol. The summed E-state index contributed by atoms with van der Waals surface area (Å²) in [6, 6.07) is 3.13. The first kappa shape index (κ1) is 15.9. The molecule has 1 nitrogen and oxygen atoms in total. The molecule has 0 saturated carbocycles. The third kappa shape index (κ3) is 5.87. The van der Waals surface area contributed by atoms with Gasteiger partial charge in [-0.2, -0.15) is 0 Å². The molecular formula is C10H8BF3KN. The van der Waals surface area contributed by atoms with Gasteiger partial charge in [0.15, 0.2) is 0 Å². The second-order valence-electron chi connectivity index (χ2n) is 2.90. The summed E-state index contributed by atoms with van der Waals surface area (Å²) in [5.74, 6) is 2.58. The number of pyridine rings is 1. The van der Waals surface area contributed by atoms with Crippen LogP contribution in [0.2, 0.25) is 0 Å². The maximum atomic E-state index is 12.0. The Hall–Kier alpha value is -0.0587. The average Bonchev–Trinajstić information content (AvgIpc) is 2.16. The van der Waals surface area contributed by atoms with E-state index in [1.807, 2.05) is 0 Å². The van der Waals surface area contributed by atoms with Crippen molar-refractivity contribution in [1.29, 1.82) is 0 Å². The van der Waals surface area contributed by atoms with Gasteiger partial charge in [-0.25, -0.2) is 0 Å². The molecule has 78 valence electrons. The Morgan fingerprint density at radius 1 is 1.44 bits per heavy atom. The van der Waals surface area contributed by atoms with Gasteiger partial charge in [0.05, 0.1) is 12.1 Å². The number of hydrogen-bond acceptors (Lipinski definition) is 1. The number of hydrogen-bond donors (Lipinski definition) is 0. The third-order valence-electron chi connectivity index (χ3n) is 1.69. The summed E-state index contributed by atoms with van der Waals surface area (Å²) < 4.78 is 35.9. The molecule has 16 heavy (non-hydrogen) atoms. The molecule has 1 rings (SSSR count). The van der Waals surface area contributed by atoms with Crippen molar-refractivity contribution in [2.24, 2.45) is 0 Å². The fourth-order valence-electron chi connectivity index (χ4n) is 1.06. The van der Waals surface area contributed by atoms with Crippen LogP contribution in [0.5, 0.6) is 0 Å². The zero-order valence-electron chi connectivity index (χ0n) is 8.83. The molecule has 0 radical (unpaired) electrons. The second kappa shape index (κ2) is 7.30. The van der Waals surface area contributed by atoms with Crippen LogP contribution < -0.4 is 51.4 Å². The first-order chi connectivity index (χ1) is 7.03. The van der Waals surface area contributed by atoms with E-state index in [0.717, 1.165) is 6.08 Å². The summed E-state index contributed by atoms with van der Waals surface area (Å²) in [6.45, 7) is -4.91. The minimum Gasteiger partial charge on any atom is -0.445 e. The zero-order chi connectivity index (χ0) is 11.3. The normalized spacial score (nSPS) is 10.9. The van der Waals surface area contributed by atoms with Crippen molar-refractivity contribution < 1.29 is 64.3 Å². The molecule has 0 aromatic carbocycles. The summed E-state index contributed by atoms with van der Waals surface area (Å²) >= 11 is 0. The third-order valence-corrected chi connectivity index (χ3v) is 1.69. The molecule has 1 aromatic rings. The minimum atomic E-state index is -4.91. The van der Waals surface area contributed by atoms with E-state index in [9.17, 15) is 12.9 Å². The zero-order valence-corrected chi connectivity index (χ0v) is 12.0. The molecule has 0 aliphatic carbocycles. The van der Waals surface area contributed by atoms with Crippen LogP contribution in [0, 0.1) is 12.3 Å². The van der Waals surface area contributed by atoms with Crippen LogP contribution in [0.1, 0.15) is 11.3 Å². The van der Waals surface area contributed by atoms with Gasteiger partial charge < -0.3 is 12.9 Å². The Kier molecular flexibility index (Phi) is 7.28. The predicted molar refractivity (Wildman–Crippen MR) is 54.9 cm³/mol. The number of rotatable bonds is 3. The second-order valence-corrected chi connectivity index (χ2v) is 2.90. The Balaban J connectivity index is 0.00000225. The topological polar surface area (TPSA) is 12.9 Å². The van der Waals surface area contributed by atoms with Crippen molar-refractivity contribution in [3.05, 3.63) is 35.6 Å². The van der Waals surface area contributed by atoms with Crippen LogP contribution in [0.4, 0.5) is 12.9 Å². The van der Waals surface area contributed by atoms with Crippen LogP contribution in [-0.2, 0) is 6.42 Å². The first-order valence-electron chi connectivity index (χ1n) is 4.29. The van der Waals surface area contributed by atoms with E-state index in [1.54, 1.807) is 12.1 Å². The number of halogens is 3. The fraction of sp³-hybridized carbons (Fsp3) is 0.100. The molecule has 0 amide bonds. The molecule has 1 aromatic heterocycles. The van der Waals surface area contributed by atoms with Crippen LogP contribution >= 0.6 is 0 Å². The molecule has 0 atom stereocenters. The molecule has 6 heteroatoms. The van der Waals surface area contributed by atoms with E-state index in [1.165, 1.54) is 6.20 Å². The van der Waals surface area contributed by atoms with Gasteiger partial charge in [-0.05, 0) is 11.6 Å². The van der Waals surface area contributed by atoms with Crippen molar-refractivity contribution >= 4 is 13.1 Å². The summed E-state index contributed by atoms with van der Waals surface area (Å²) in [5, 5.41) is 0. The van der Waals surface area contributed by atoms with E-state index in [2.05, 4.69) is 10.9 Å². The number of terminal acetylenes is 1. The Bertz CT molecular complexity index is 409. The van der Waals surface area contributed by atoms with Gasteiger partial charge in [0.1, 0.15) is 0 Å². The van der Waals surface area contributed by atoms with Crippen molar-refractivity contribution in [3.63, 3.8) is 0 Å². The van der Waals surface area contributed by atoms with Gasteiger partial charge in [-0.3, -0.25) is 4.98 Å². The minimum absolute atomic E-state index is 0. The van der Waals surface area contributed by atoms with Crippen molar-refractivity contribution in [2.75, 3.05) is 0 Å². The van der Waals surface area contributed by atoms with E-state index >= 15 is 0 Å². The molecule has 0 bridgehead atoms. The monoisotopic (exact) mass is 249 g/mol. The van der Waals surface area contributed by atoms with Crippen molar-refractivity contribution in [2.45, 2.75) is 6.42 Å². The van der Waals surface area contributed by atoms with Gasteiger partial charge in [-0.1, -0.05) is 12.1 Å². The first-order valence-corrected chi connectivity index (χ1v) is 4.29. The molecule has 0 spiro atoms. The SMILES string of the molecule is C#CCc1ncccc1/C=C/[B-](F)(F)F.[K+].